The Hall–Kier alpha value is -2.77. The minimum atomic E-state index is -0.477. The molecule has 0 aliphatic carbocycles. The van der Waals surface area contributed by atoms with E-state index in [4.69, 9.17) is 21.3 Å². The molecule has 3 aromatic heterocycles. The summed E-state index contributed by atoms with van der Waals surface area (Å²) in [6, 6.07) is 5.09. The molecule has 1 aliphatic rings. The summed E-state index contributed by atoms with van der Waals surface area (Å²) in [5.41, 5.74) is 2.87. The van der Waals surface area contributed by atoms with Crippen molar-refractivity contribution < 1.29 is 9.84 Å². The van der Waals surface area contributed by atoms with E-state index in [1.54, 1.807) is 19.3 Å². The Bertz CT molecular complexity index is 1120. The molecule has 0 saturated carbocycles. The Morgan fingerprint density at radius 3 is 2.69 bits per heavy atom. The number of aromatic nitrogens is 4. The molecular formula is C21H21ClN4O3. The summed E-state index contributed by atoms with van der Waals surface area (Å²) in [6.45, 7) is 5.04. The highest BCUT2D eigenvalue weighted by molar-refractivity contribution is 6.31. The Kier molecular flexibility index (Phi) is 5.34. The number of pyridine rings is 2. The van der Waals surface area contributed by atoms with Gasteiger partial charge in [0.25, 0.3) is 5.56 Å². The monoisotopic (exact) mass is 412 g/mol. The molecule has 1 N–H and O–H groups in total. The first-order valence-electron chi connectivity index (χ1n) is 9.45. The Morgan fingerprint density at radius 1 is 1.17 bits per heavy atom. The fourth-order valence-electron chi connectivity index (χ4n) is 3.56. The van der Waals surface area contributed by atoms with Gasteiger partial charge in [-0.2, -0.15) is 0 Å². The second-order valence-electron chi connectivity index (χ2n) is 7.17. The number of hydrogen-bond acceptors (Lipinski definition) is 6. The minimum absolute atomic E-state index is 0.211. The van der Waals surface area contributed by atoms with Crippen LogP contribution in [0.5, 0.6) is 5.75 Å². The highest BCUT2D eigenvalue weighted by atomic mass is 35.5. The van der Waals surface area contributed by atoms with E-state index in [0.717, 1.165) is 37.4 Å². The smallest absolute Gasteiger partial charge is 0.277 e. The lowest BCUT2D eigenvalue weighted by molar-refractivity contribution is 0.0836. The lowest BCUT2D eigenvalue weighted by Crippen LogP contribution is -2.22. The van der Waals surface area contributed by atoms with Crippen LogP contribution in [0.3, 0.4) is 0 Å². The van der Waals surface area contributed by atoms with Crippen molar-refractivity contribution >= 4 is 11.6 Å². The van der Waals surface area contributed by atoms with Crippen molar-refractivity contribution in [3.63, 3.8) is 0 Å². The van der Waals surface area contributed by atoms with Crippen molar-refractivity contribution in [2.24, 2.45) is 0 Å². The fourth-order valence-corrected chi connectivity index (χ4v) is 3.70. The standard InChI is InChI=1S/C21H21ClN4O3/c1-12-11-24-16(10-17(12)26-13(2)9-18(27)19(22)21(26)28)15-3-6-23-20(25-15)14-4-7-29-8-5-14/h3,6,9-11,14,27H,4-5,7-8H2,1-2H3. The van der Waals surface area contributed by atoms with Gasteiger partial charge in [-0.15, -0.1) is 0 Å². The van der Waals surface area contributed by atoms with Crippen LogP contribution in [0.4, 0.5) is 0 Å². The molecule has 0 bridgehead atoms. The van der Waals surface area contributed by atoms with Gasteiger partial charge in [-0.05, 0) is 44.4 Å². The van der Waals surface area contributed by atoms with Crippen LogP contribution in [0.2, 0.25) is 5.02 Å². The van der Waals surface area contributed by atoms with Gasteiger partial charge in [0.05, 0.1) is 17.1 Å². The van der Waals surface area contributed by atoms with Crippen molar-refractivity contribution in [3.05, 3.63) is 63.1 Å². The molecule has 3 aromatic rings. The number of aryl methyl sites for hydroxylation is 2. The molecule has 0 amide bonds. The first-order chi connectivity index (χ1) is 14.0. The largest absolute Gasteiger partial charge is 0.506 e. The first kappa shape index (κ1) is 19.5. The van der Waals surface area contributed by atoms with E-state index in [1.165, 1.54) is 10.6 Å². The van der Waals surface area contributed by atoms with Crippen molar-refractivity contribution in [3.8, 4) is 22.8 Å². The van der Waals surface area contributed by atoms with E-state index in [1.807, 2.05) is 19.1 Å². The number of nitrogens with zero attached hydrogens (tertiary/aromatic N) is 4. The normalized spacial score (nSPS) is 14.9. The van der Waals surface area contributed by atoms with Crippen LogP contribution in [-0.4, -0.2) is 37.8 Å². The maximum absolute atomic E-state index is 12.7. The van der Waals surface area contributed by atoms with E-state index >= 15 is 0 Å². The molecule has 0 unspecified atom stereocenters. The summed E-state index contributed by atoms with van der Waals surface area (Å²) in [5.74, 6) is 0.833. The average Bonchev–Trinajstić information content (AvgIpc) is 2.74. The quantitative estimate of drug-likeness (QED) is 0.707. The van der Waals surface area contributed by atoms with Crippen LogP contribution in [0.15, 0.2) is 35.4 Å². The van der Waals surface area contributed by atoms with Crippen molar-refractivity contribution in [1.29, 1.82) is 0 Å². The highest BCUT2D eigenvalue weighted by Crippen LogP contribution is 2.27. The van der Waals surface area contributed by atoms with Gasteiger partial charge >= 0.3 is 0 Å². The molecule has 1 aliphatic heterocycles. The summed E-state index contributed by atoms with van der Waals surface area (Å²) in [4.78, 5) is 26.4. The zero-order valence-electron chi connectivity index (χ0n) is 16.2. The van der Waals surface area contributed by atoms with Crippen LogP contribution in [0.25, 0.3) is 17.1 Å². The molecule has 1 saturated heterocycles. The van der Waals surface area contributed by atoms with Crippen LogP contribution < -0.4 is 5.56 Å². The van der Waals surface area contributed by atoms with Gasteiger partial charge in [-0.1, -0.05) is 11.6 Å². The van der Waals surface area contributed by atoms with E-state index in [2.05, 4.69) is 9.97 Å². The summed E-state index contributed by atoms with van der Waals surface area (Å²) in [6.07, 6.45) is 5.24. The van der Waals surface area contributed by atoms with Crippen LogP contribution in [0, 0.1) is 13.8 Å². The third kappa shape index (κ3) is 3.75. The number of rotatable bonds is 3. The Labute approximate surface area is 173 Å². The molecule has 1 fully saturated rings. The zero-order chi connectivity index (χ0) is 20.5. The minimum Gasteiger partial charge on any atom is -0.506 e. The van der Waals surface area contributed by atoms with Gasteiger partial charge in [0.1, 0.15) is 16.6 Å². The molecule has 0 radical (unpaired) electrons. The molecule has 0 aromatic carbocycles. The lowest BCUT2D eigenvalue weighted by atomic mass is 9.99. The van der Waals surface area contributed by atoms with Gasteiger partial charge in [0, 0.05) is 43.3 Å². The summed E-state index contributed by atoms with van der Waals surface area (Å²) in [5, 5.41) is 9.61. The molecule has 7 nitrogen and oxygen atoms in total. The second kappa shape index (κ2) is 7.93. The SMILES string of the molecule is Cc1cnc(-c2ccnc(C3CCOCC3)n2)cc1-n1c(C)cc(O)c(Cl)c1=O. The zero-order valence-corrected chi connectivity index (χ0v) is 17.0. The molecule has 0 spiro atoms. The maximum atomic E-state index is 12.7. The third-order valence-corrected chi connectivity index (χ3v) is 5.51. The van der Waals surface area contributed by atoms with Gasteiger partial charge < -0.3 is 9.84 Å². The predicted molar refractivity (Wildman–Crippen MR) is 110 cm³/mol. The fraction of sp³-hybridized carbons (Fsp3) is 0.333. The number of halogens is 1. The molecule has 29 heavy (non-hydrogen) atoms. The molecule has 150 valence electrons. The first-order valence-corrected chi connectivity index (χ1v) is 9.82. The van der Waals surface area contributed by atoms with Gasteiger partial charge in [-0.3, -0.25) is 14.3 Å². The molecule has 8 heteroatoms. The van der Waals surface area contributed by atoms with Crippen molar-refractivity contribution in [2.45, 2.75) is 32.6 Å². The van der Waals surface area contributed by atoms with E-state index < -0.39 is 5.56 Å². The highest BCUT2D eigenvalue weighted by Gasteiger charge is 2.20. The van der Waals surface area contributed by atoms with Crippen LogP contribution in [-0.2, 0) is 4.74 Å². The molecule has 0 atom stereocenters. The molecular weight excluding hydrogens is 392 g/mol. The molecule has 4 rings (SSSR count). The second-order valence-corrected chi connectivity index (χ2v) is 7.55. The lowest BCUT2D eigenvalue weighted by Gasteiger charge is -2.21. The summed E-state index contributed by atoms with van der Waals surface area (Å²) >= 11 is 5.99. The van der Waals surface area contributed by atoms with Crippen molar-refractivity contribution in [2.75, 3.05) is 13.2 Å². The Morgan fingerprint density at radius 2 is 1.93 bits per heavy atom. The van der Waals surface area contributed by atoms with Crippen LogP contribution in [0.1, 0.15) is 35.8 Å². The number of aromatic hydroxyl groups is 1. The van der Waals surface area contributed by atoms with Gasteiger partial charge in [0.15, 0.2) is 0 Å². The van der Waals surface area contributed by atoms with Crippen LogP contribution >= 0.6 is 11.6 Å². The topological polar surface area (TPSA) is 90.1 Å². The third-order valence-electron chi connectivity index (χ3n) is 5.15. The predicted octanol–water partition coefficient (Wildman–Crippen LogP) is 3.56. The Balaban J connectivity index is 1.79. The van der Waals surface area contributed by atoms with E-state index in [-0.39, 0.29) is 16.7 Å². The molecule has 4 heterocycles. The van der Waals surface area contributed by atoms with Gasteiger partial charge in [-0.25, -0.2) is 9.97 Å². The maximum Gasteiger partial charge on any atom is 0.277 e. The summed E-state index contributed by atoms with van der Waals surface area (Å²) in [7, 11) is 0. The number of hydrogen-bond donors (Lipinski definition) is 1. The summed E-state index contributed by atoms with van der Waals surface area (Å²) < 4.78 is 6.90. The average molecular weight is 413 g/mol. The number of ether oxygens (including phenoxy) is 1. The van der Waals surface area contributed by atoms with Crippen molar-refractivity contribution in [1.82, 2.24) is 19.5 Å². The van der Waals surface area contributed by atoms with E-state index in [9.17, 15) is 9.90 Å². The van der Waals surface area contributed by atoms with E-state index in [0.29, 0.717) is 22.8 Å². The van der Waals surface area contributed by atoms with Gasteiger partial charge in [0.2, 0.25) is 0 Å².